The molecule has 5 rings (SSSR count). The summed E-state index contributed by atoms with van der Waals surface area (Å²) in [5.74, 6) is 1.55. The first-order valence-electron chi connectivity index (χ1n) is 12.5. The molecular weight excluding hydrogens is 499 g/mol. The molecule has 1 aliphatic heterocycles. The van der Waals surface area contributed by atoms with E-state index in [-0.39, 0.29) is 12.5 Å². The molecule has 0 saturated carbocycles. The van der Waals surface area contributed by atoms with Crippen molar-refractivity contribution in [3.8, 4) is 23.1 Å². The van der Waals surface area contributed by atoms with Gasteiger partial charge in [0.25, 0.3) is 5.91 Å². The average molecular weight is 529 g/mol. The maximum atomic E-state index is 13.9. The molecule has 0 N–H and O–H groups in total. The summed E-state index contributed by atoms with van der Waals surface area (Å²) in [5.41, 5.74) is 3.03. The predicted molar refractivity (Wildman–Crippen MR) is 145 cm³/mol. The summed E-state index contributed by atoms with van der Waals surface area (Å²) in [5, 5.41) is 0. The number of aromatic nitrogens is 2. The fourth-order valence-corrected chi connectivity index (χ4v) is 4.48. The Morgan fingerprint density at radius 1 is 0.949 bits per heavy atom. The number of ether oxygens (including phenoxy) is 3. The molecule has 9 heteroatoms. The molecule has 8 nitrogen and oxygen atoms in total. The van der Waals surface area contributed by atoms with Crippen LogP contribution in [0.4, 0.5) is 10.3 Å². The Bertz CT molecular complexity index is 1460. The molecule has 3 aromatic carbocycles. The lowest BCUT2D eigenvalue weighted by Gasteiger charge is -2.30. The van der Waals surface area contributed by atoms with Gasteiger partial charge in [0.05, 0.1) is 32.0 Å². The van der Waals surface area contributed by atoms with Crippen LogP contribution >= 0.6 is 0 Å². The number of hydrogen-bond donors (Lipinski definition) is 0. The third-order valence-corrected chi connectivity index (χ3v) is 6.51. The maximum absolute atomic E-state index is 13.9. The van der Waals surface area contributed by atoms with Crippen molar-refractivity contribution in [1.29, 1.82) is 0 Å². The SMILES string of the molecule is COc1cc(OC)cc(C(=O)N2CCc3nc(N(C)Cc4ccccc4)nc(Oc4cccc(F)c4)c3C2)c1. The van der Waals surface area contributed by atoms with E-state index in [0.717, 1.165) is 11.3 Å². The van der Waals surface area contributed by atoms with E-state index in [1.807, 2.05) is 42.3 Å². The normalized spacial score (nSPS) is 12.5. The standard InChI is InChI=1S/C30H29FN4O4/c1-34(18-20-8-5-4-6-9-20)30-32-27-12-13-35(29(36)21-14-24(37-2)17-25(15-21)38-3)19-26(27)28(33-30)39-23-11-7-10-22(31)16-23/h4-11,14-17H,12-13,18-19H2,1-3H3. The molecule has 2 heterocycles. The van der Waals surface area contributed by atoms with Gasteiger partial charge in [0, 0.05) is 44.3 Å². The number of benzene rings is 3. The highest BCUT2D eigenvalue weighted by Gasteiger charge is 2.28. The Morgan fingerprint density at radius 2 is 1.69 bits per heavy atom. The van der Waals surface area contributed by atoms with Gasteiger partial charge in [-0.3, -0.25) is 4.79 Å². The molecule has 0 spiro atoms. The number of rotatable bonds is 8. The van der Waals surface area contributed by atoms with E-state index < -0.39 is 5.82 Å². The number of halogens is 1. The minimum absolute atomic E-state index is 0.181. The first-order valence-corrected chi connectivity index (χ1v) is 12.5. The Balaban J connectivity index is 1.48. The third-order valence-electron chi connectivity index (χ3n) is 6.51. The molecule has 1 aliphatic rings. The quantitative estimate of drug-likeness (QED) is 0.309. The second kappa shape index (κ2) is 11.4. The molecule has 0 aliphatic carbocycles. The van der Waals surface area contributed by atoms with Crippen molar-refractivity contribution >= 4 is 11.9 Å². The lowest BCUT2D eigenvalue weighted by Crippen LogP contribution is -2.37. The summed E-state index contributed by atoms with van der Waals surface area (Å²) in [7, 11) is 5.00. The number of methoxy groups -OCH3 is 2. The van der Waals surface area contributed by atoms with Crippen LogP contribution < -0.4 is 19.1 Å². The smallest absolute Gasteiger partial charge is 0.254 e. The maximum Gasteiger partial charge on any atom is 0.254 e. The predicted octanol–water partition coefficient (Wildman–Crippen LogP) is 5.26. The minimum Gasteiger partial charge on any atom is -0.497 e. The van der Waals surface area contributed by atoms with Gasteiger partial charge in [-0.2, -0.15) is 4.98 Å². The number of amides is 1. The number of anilines is 1. The molecule has 0 bridgehead atoms. The molecule has 1 aromatic heterocycles. The minimum atomic E-state index is -0.416. The van der Waals surface area contributed by atoms with Crippen molar-refractivity contribution in [2.75, 3.05) is 32.7 Å². The second-order valence-electron chi connectivity index (χ2n) is 9.23. The fourth-order valence-electron chi connectivity index (χ4n) is 4.48. The molecule has 4 aromatic rings. The number of nitrogens with zero attached hydrogens (tertiary/aromatic N) is 4. The highest BCUT2D eigenvalue weighted by Crippen LogP contribution is 2.33. The Kier molecular flexibility index (Phi) is 7.58. The first kappa shape index (κ1) is 26.0. The van der Waals surface area contributed by atoms with Crippen LogP contribution in [0.15, 0.2) is 72.8 Å². The van der Waals surface area contributed by atoms with Gasteiger partial charge in [-0.1, -0.05) is 36.4 Å². The van der Waals surface area contributed by atoms with Crippen molar-refractivity contribution in [2.24, 2.45) is 0 Å². The van der Waals surface area contributed by atoms with Crippen LogP contribution in [-0.2, 0) is 19.5 Å². The first-order chi connectivity index (χ1) is 18.9. The van der Waals surface area contributed by atoms with Crippen LogP contribution in [0.2, 0.25) is 0 Å². The van der Waals surface area contributed by atoms with Crippen molar-refractivity contribution in [1.82, 2.24) is 14.9 Å². The van der Waals surface area contributed by atoms with E-state index in [2.05, 4.69) is 0 Å². The largest absolute Gasteiger partial charge is 0.497 e. The summed E-state index contributed by atoms with van der Waals surface area (Å²) in [6, 6.07) is 21.0. The van der Waals surface area contributed by atoms with Crippen molar-refractivity contribution in [2.45, 2.75) is 19.5 Å². The molecule has 0 fully saturated rings. The highest BCUT2D eigenvalue weighted by atomic mass is 19.1. The fraction of sp³-hybridized carbons (Fsp3) is 0.233. The zero-order valence-corrected chi connectivity index (χ0v) is 22.1. The van der Waals surface area contributed by atoms with Crippen molar-refractivity contribution < 1.29 is 23.4 Å². The molecule has 1 amide bonds. The summed E-state index contributed by atoms with van der Waals surface area (Å²) < 4.78 is 30.7. The molecule has 200 valence electrons. The topological polar surface area (TPSA) is 77.0 Å². The molecular formula is C30H29FN4O4. The third kappa shape index (κ3) is 5.93. The van der Waals surface area contributed by atoms with Crippen LogP contribution in [0.3, 0.4) is 0 Å². The van der Waals surface area contributed by atoms with E-state index in [0.29, 0.717) is 59.7 Å². The van der Waals surface area contributed by atoms with Gasteiger partial charge in [-0.05, 0) is 29.8 Å². The van der Waals surface area contributed by atoms with Gasteiger partial charge >= 0.3 is 0 Å². The van der Waals surface area contributed by atoms with Gasteiger partial charge < -0.3 is 24.0 Å². The molecule has 0 radical (unpaired) electrons. The summed E-state index contributed by atoms with van der Waals surface area (Å²) in [6.07, 6.45) is 0.510. The monoisotopic (exact) mass is 528 g/mol. The van der Waals surface area contributed by atoms with E-state index >= 15 is 0 Å². The second-order valence-corrected chi connectivity index (χ2v) is 9.23. The van der Waals surface area contributed by atoms with Crippen molar-refractivity contribution in [3.63, 3.8) is 0 Å². The van der Waals surface area contributed by atoms with Gasteiger partial charge in [-0.25, -0.2) is 9.37 Å². The molecule has 0 unspecified atom stereocenters. The summed E-state index contributed by atoms with van der Waals surface area (Å²) in [6.45, 7) is 1.30. The number of hydrogen-bond acceptors (Lipinski definition) is 7. The lowest BCUT2D eigenvalue weighted by atomic mass is 10.0. The van der Waals surface area contributed by atoms with Gasteiger partial charge in [0.15, 0.2) is 0 Å². The summed E-state index contributed by atoms with van der Waals surface area (Å²) in [4.78, 5) is 26.7. The van der Waals surface area contributed by atoms with E-state index in [4.69, 9.17) is 24.2 Å². The Labute approximate surface area is 226 Å². The van der Waals surface area contributed by atoms with Crippen LogP contribution in [0.1, 0.15) is 27.2 Å². The Hall–Kier alpha value is -4.66. The number of carbonyl (C=O) groups is 1. The Morgan fingerprint density at radius 3 is 2.38 bits per heavy atom. The average Bonchev–Trinajstić information content (AvgIpc) is 2.96. The van der Waals surface area contributed by atoms with E-state index in [9.17, 15) is 9.18 Å². The van der Waals surface area contributed by atoms with Crippen LogP contribution in [0.5, 0.6) is 23.1 Å². The van der Waals surface area contributed by atoms with E-state index in [1.54, 1.807) is 49.5 Å². The highest BCUT2D eigenvalue weighted by molar-refractivity contribution is 5.95. The van der Waals surface area contributed by atoms with Crippen LogP contribution in [-0.4, -0.2) is 48.6 Å². The molecule has 0 saturated heterocycles. The van der Waals surface area contributed by atoms with E-state index in [1.165, 1.54) is 12.1 Å². The lowest BCUT2D eigenvalue weighted by molar-refractivity contribution is 0.0731. The molecule has 39 heavy (non-hydrogen) atoms. The van der Waals surface area contributed by atoms with Crippen LogP contribution in [0, 0.1) is 5.82 Å². The van der Waals surface area contributed by atoms with Crippen LogP contribution in [0.25, 0.3) is 0 Å². The summed E-state index contributed by atoms with van der Waals surface area (Å²) >= 11 is 0. The van der Waals surface area contributed by atoms with Gasteiger partial charge in [-0.15, -0.1) is 0 Å². The zero-order chi connectivity index (χ0) is 27.4. The number of carbonyl (C=O) groups excluding carboxylic acids is 1. The van der Waals surface area contributed by atoms with Gasteiger partial charge in [0.2, 0.25) is 11.8 Å². The van der Waals surface area contributed by atoms with Crippen molar-refractivity contribution in [3.05, 3.63) is 101 Å². The zero-order valence-electron chi connectivity index (χ0n) is 22.1. The van der Waals surface area contributed by atoms with Gasteiger partial charge in [0.1, 0.15) is 23.1 Å². The molecule has 0 atom stereocenters. The number of fused-ring (bicyclic) bond motifs is 1.